The summed E-state index contributed by atoms with van der Waals surface area (Å²) < 4.78 is 0. The Bertz CT molecular complexity index is 262. The van der Waals surface area contributed by atoms with Crippen LogP contribution in [0.15, 0.2) is 24.3 Å². The molecule has 0 saturated heterocycles. The molecule has 0 spiro atoms. The van der Waals surface area contributed by atoms with Gasteiger partial charge in [-0.25, -0.2) is 0 Å². The van der Waals surface area contributed by atoms with Gasteiger partial charge in [-0.05, 0) is 6.07 Å². The number of para-hydroxylation sites is 1. The number of rotatable bonds is 1. The molecule has 0 unspecified atom stereocenters. The predicted molar refractivity (Wildman–Crippen MR) is 35.2 cm³/mol. The van der Waals surface area contributed by atoms with Gasteiger partial charge in [-0.3, -0.25) is 0 Å². The van der Waals surface area contributed by atoms with Crippen LogP contribution in [0.2, 0.25) is 0 Å². The van der Waals surface area contributed by atoms with Gasteiger partial charge in [0.15, 0.2) is 0 Å². The van der Waals surface area contributed by atoms with Crippen molar-refractivity contribution in [1.29, 1.82) is 0 Å². The van der Waals surface area contributed by atoms with Crippen LogP contribution >= 0.6 is 0 Å². The summed E-state index contributed by atoms with van der Waals surface area (Å²) in [5.74, 6) is -1.24. The summed E-state index contributed by atoms with van der Waals surface area (Å²) in [6.45, 7) is 0. The van der Waals surface area contributed by atoms with Gasteiger partial charge in [0.05, 0.1) is 5.97 Å². The molecule has 0 atom stereocenters. The van der Waals surface area contributed by atoms with E-state index < -0.39 is 5.97 Å². The van der Waals surface area contributed by atoms with Crippen molar-refractivity contribution in [2.75, 3.05) is 5.73 Å². The molecule has 0 heterocycles. The van der Waals surface area contributed by atoms with Crippen molar-refractivity contribution in [3.8, 4) is 0 Å². The molecule has 0 amide bonds. The average Bonchev–Trinajstić information content (AvgIpc) is 1.88. The number of hydrogen-bond donors (Lipinski definition) is 1. The van der Waals surface area contributed by atoms with Gasteiger partial charge in [0.25, 0.3) is 0 Å². The molecule has 0 aromatic heterocycles. The molecule has 2 N–H and O–H groups in total. The van der Waals surface area contributed by atoms with Gasteiger partial charge in [-0.2, -0.15) is 0 Å². The third-order valence-corrected chi connectivity index (χ3v) is 1.18. The fourth-order valence-electron chi connectivity index (χ4n) is 0.683. The molecule has 1 rings (SSSR count). The summed E-state index contributed by atoms with van der Waals surface area (Å²) in [4.78, 5) is 10.2. The molecule has 62 valence electrons. The SMILES string of the molecule is Nc1ccccc1C(=O)[O-].[Cu+]. The zero-order valence-corrected chi connectivity index (χ0v) is 6.45. The second-order valence-corrected chi connectivity index (χ2v) is 1.87. The summed E-state index contributed by atoms with van der Waals surface area (Å²) >= 11 is 0. The normalized spacial score (nSPS) is 8.36. The fraction of sp³-hybridized carbons (Fsp3) is 0. The standard InChI is InChI=1S/C7H7NO2.Cu/c8-6-4-2-1-3-5(6)7(9)10;/h1-4H,8H2,(H,9,10);/q;+1/p-1. The van der Waals surface area contributed by atoms with Crippen molar-refractivity contribution in [3.05, 3.63) is 29.8 Å². The molecular weight excluding hydrogens is 194 g/mol. The van der Waals surface area contributed by atoms with Crippen LogP contribution < -0.4 is 10.8 Å². The van der Waals surface area contributed by atoms with Crippen LogP contribution in [0.1, 0.15) is 10.4 Å². The second-order valence-electron chi connectivity index (χ2n) is 1.87. The first kappa shape index (κ1) is 10.0. The molecule has 0 aliphatic rings. The van der Waals surface area contributed by atoms with E-state index in [0.29, 0.717) is 0 Å². The number of carboxylic acids is 1. The van der Waals surface area contributed by atoms with Gasteiger partial charge in [-0.1, -0.05) is 18.2 Å². The number of carbonyl (C=O) groups excluding carboxylic acids is 1. The number of aromatic carboxylic acids is 1. The van der Waals surface area contributed by atoms with E-state index in [1.54, 1.807) is 12.1 Å². The van der Waals surface area contributed by atoms with E-state index >= 15 is 0 Å². The smallest absolute Gasteiger partial charge is 0.545 e. The Balaban J connectivity index is 0.000001000. The van der Waals surface area contributed by atoms with Crippen molar-refractivity contribution >= 4 is 11.7 Å². The van der Waals surface area contributed by atoms with Crippen LogP contribution in [0.3, 0.4) is 0 Å². The number of anilines is 1. The molecule has 0 fully saturated rings. The van der Waals surface area contributed by atoms with Crippen LogP contribution in [0.25, 0.3) is 0 Å². The Morgan fingerprint density at radius 2 is 1.91 bits per heavy atom. The summed E-state index contributed by atoms with van der Waals surface area (Å²) in [5, 5.41) is 10.2. The Morgan fingerprint density at radius 3 is 2.27 bits per heavy atom. The first-order chi connectivity index (χ1) is 4.72. The molecule has 0 bridgehead atoms. The van der Waals surface area contributed by atoms with Crippen molar-refractivity contribution in [2.45, 2.75) is 0 Å². The summed E-state index contributed by atoms with van der Waals surface area (Å²) in [6, 6.07) is 6.19. The molecule has 1 aromatic rings. The number of nitrogen functional groups attached to an aromatic ring is 1. The van der Waals surface area contributed by atoms with E-state index in [0.717, 1.165) is 0 Å². The maximum Gasteiger partial charge on any atom is 1.00 e. The Hall–Kier alpha value is -0.991. The van der Waals surface area contributed by atoms with Crippen LogP contribution in [0, 0.1) is 0 Å². The fourth-order valence-corrected chi connectivity index (χ4v) is 0.683. The maximum absolute atomic E-state index is 10.2. The van der Waals surface area contributed by atoms with E-state index in [1.165, 1.54) is 12.1 Å². The van der Waals surface area contributed by atoms with Crippen molar-refractivity contribution < 1.29 is 27.0 Å². The molecule has 1 aromatic carbocycles. The molecule has 11 heavy (non-hydrogen) atoms. The molecule has 0 aliphatic heterocycles. The van der Waals surface area contributed by atoms with Crippen LogP contribution in [-0.4, -0.2) is 5.97 Å². The molecule has 3 nitrogen and oxygen atoms in total. The average molecular weight is 200 g/mol. The Labute approximate surface area is 74.7 Å². The monoisotopic (exact) mass is 199 g/mol. The summed E-state index contributed by atoms with van der Waals surface area (Å²) in [6.07, 6.45) is 0. The van der Waals surface area contributed by atoms with Crippen molar-refractivity contribution in [3.63, 3.8) is 0 Å². The van der Waals surface area contributed by atoms with E-state index in [2.05, 4.69) is 0 Å². The minimum absolute atomic E-state index is 0. The van der Waals surface area contributed by atoms with Gasteiger partial charge in [-0.15, -0.1) is 0 Å². The third kappa shape index (κ3) is 2.26. The van der Waals surface area contributed by atoms with Crippen LogP contribution in [-0.2, 0) is 17.1 Å². The van der Waals surface area contributed by atoms with Crippen LogP contribution in [0.4, 0.5) is 5.69 Å². The van der Waals surface area contributed by atoms with Crippen molar-refractivity contribution in [2.24, 2.45) is 0 Å². The van der Waals surface area contributed by atoms with Gasteiger partial charge in [0.2, 0.25) is 0 Å². The molecular formula is C7H6CuNO2. The number of carbonyl (C=O) groups is 1. The van der Waals surface area contributed by atoms with Gasteiger partial charge < -0.3 is 15.6 Å². The minimum atomic E-state index is -1.24. The topological polar surface area (TPSA) is 66.2 Å². The Kier molecular flexibility index (Phi) is 3.65. The van der Waals surface area contributed by atoms with E-state index in [1.807, 2.05) is 0 Å². The van der Waals surface area contributed by atoms with Gasteiger partial charge >= 0.3 is 17.1 Å². The third-order valence-electron chi connectivity index (χ3n) is 1.18. The van der Waals surface area contributed by atoms with Crippen molar-refractivity contribution in [1.82, 2.24) is 0 Å². The van der Waals surface area contributed by atoms with Gasteiger partial charge in [0, 0.05) is 11.3 Å². The first-order valence-corrected chi connectivity index (χ1v) is 2.77. The molecule has 0 saturated carbocycles. The maximum atomic E-state index is 10.2. The van der Waals surface area contributed by atoms with E-state index in [4.69, 9.17) is 5.73 Å². The predicted octanol–water partition coefficient (Wildman–Crippen LogP) is -0.370. The number of nitrogens with two attached hydrogens (primary N) is 1. The first-order valence-electron chi connectivity index (χ1n) is 2.77. The minimum Gasteiger partial charge on any atom is -0.545 e. The number of hydrogen-bond acceptors (Lipinski definition) is 3. The van der Waals surface area contributed by atoms with E-state index in [-0.39, 0.29) is 28.3 Å². The molecule has 0 aliphatic carbocycles. The molecule has 0 radical (unpaired) electrons. The summed E-state index contributed by atoms with van der Waals surface area (Å²) in [5.41, 5.74) is 5.58. The summed E-state index contributed by atoms with van der Waals surface area (Å²) in [7, 11) is 0. The zero-order chi connectivity index (χ0) is 7.56. The largest absolute Gasteiger partial charge is 1.00 e. The Morgan fingerprint density at radius 1 is 1.36 bits per heavy atom. The quantitative estimate of drug-likeness (QED) is 0.496. The number of carboxylic acid groups (broad SMARTS) is 1. The van der Waals surface area contributed by atoms with E-state index in [9.17, 15) is 9.90 Å². The zero-order valence-electron chi connectivity index (χ0n) is 5.50. The molecule has 4 heteroatoms. The number of benzene rings is 1. The second kappa shape index (κ2) is 4.01. The van der Waals surface area contributed by atoms with Gasteiger partial charge in [0.1, 0.15) is 0 Å². The van der Waals surface area contributed by atoms with Crippen LogP contribution in [0.5, 0.6) is 0 Å².